The summed E-state index contributed by atoms with van der Waals surface area (Å²) >= 11 is 0. The Balaban J connectivity index is 1.90. The number of rotatable bonds is 7. The number of hydrogen-bond acceptors (Lipinski definition) is 3. The molecular formula is C16H30N4. The van der Waals surface area contributed by atoms with Crippen molar-refractivity contribution in [1.29, 1.82) is 0 Å². The lowest BCUT2D eigenvalue weighted by molar-refractivity contribution is 0.344. The van der Waals surface area contributed by atoms with Crippen LogP contribution in [0.15, 0.2) is 6.33 Å². The molecule has 20 heavy (non-hydrogen) atoms. The van der Waals surface area contributed by atoms with Crippen molar-refractivity contribution in [3.05, 3.63) is 12.2 Å². The van der Waals surface area contributed by atoms with Crippen LogP contribution in [0.3, 0.4) is 0 Å². The first kappa shape index (κ1) is 15.5. The lowest BCUT2D eigenvalue weighted by Gasteiger charge is -2.23. The van der Waals surface area contributed by atoms with E-state index in [9.17, 15) is 0 Å². The van der Waals surface area contributed by atoms with Gasteiger partial charge in [0.15, 0.2) is 0 Å². The monoisotopic (exact) mass is 278 g/mol. The van der Waals surface area contributed by atoms with Gasteiger partial charge < -0.3 is 5.32 Å². The van der Waals surface area contributed by atoms with Crippen LogP contribution in [0.4, 0.5) is 0 Å². The summed E-state index contributed by atoms with van der Waals surface area (Å²) in [5.41, 5.74) is 0. The van der Waals surface area contributed by atoms with Gasteiger partial charge in [-0.25, -0.2) is 4.98 Å². The van der Waals surface area contributed by atoms with Crippen LogP contribution in [-0.2, 0) is 13.5 Å². The van der Waals surface area contributed by atoms with Crippen molar-refractivity contribution in [3.63, 3.8) is 0 Å². The molecule has 0 aliphatic heterocycles. The van der Waals surface area contributed by atoms with Crippen molar-refractivity contribution in [2.75, 3.05) is 6.54 Å². The molecule has 1 unspecified atom stereocenters. The average Bonchev–Trinajstić information content (AvgIpc) is 2.69. The Morgan fingerprint density at radius 2 is 2.05 bits per heavy atom. The van der Waals surface area contributed by atoms with Gasteiger partial charge >= 0.3 is 0 Å². The van der Waals surface area contributed by atoms with Gasteiger partial charge in [-0.3, -0.25) is 4.68 Å². The van der Waals surface area contributed by atoms with Crippen LogP contribution in [0.1, 0.15) is 64.1 Å². The highest BCUT2D eigenvalue weighted by atomic mass is 15.3. The van der Waals surface area contributed by atoms with Gasteiger partial charge in [0.2, 0.25) is 0 Å². The first-order valence-corrected chi connectivity index (χ1v) is 8.35. The predicted octanol–water partition coefficient (Wildman–Crippen LogP) is 3.09. The summed E-state index contributed by atoms with van der Waals surface area (Å²) in [5.74, 6) is 2.01. The van der Waals surface area contributed by atoms with Crippen LogP contribution in [0.25, 0.3) is 0 Å². The highest BCUT2D eigenvalue weighted by Gasteiger charge is 2.19. The Morgan fingerprint density at radius 1 is 1.30 bits per heavy atom. The van der Waals surface area contributed by atoms with E-state index in [1.807, 2.05) is 11.7 Å². The summed E-state index contributed by atoms with van der Waals surface area (Å²) in [4.78, 5) is 4.39. The molecule has 1 saturated carbocycles. The third-order valence-corrected chi connectivity index (χ3v) is 4.51. The van der Waals surface area contributed by atoms with E-state index >= 15 is 0 Å². The summed E-state index contributed by atoms with van der Waals surface area (Å²) in [6.45, 7) is 3.34. The Labute approximate surface area is 123 Å². The zero-order chi connectivity index (χ0) is 14.2. The third kappa shape index (κ3) is 4.89. The predicted molar refractivity (Wildman–Crippen MR) is 82.6 cm³/mol. The van der Waals surface area contributed by atoms with Gasteiger partial charge in [0.05, 0.1) is 0 Å². The topological polar surface area (TPSA) is 42.7 Å². The maximum absolute atomic E-state index is 4.39. The van der Waals surface area contributed by atoms with Crippen LogP contribution in [0.5, 0.6) is 0 Å². The zero-order valence-corrected chi connectivity index (χ0v) is 13.1. The summed E-state index contributed by atoms with van der Waals surface area (Å²) < 4.78 is 1.91. The fourth-order valence-corrected chi connectivity index (χ4v) is 3.31. The van der Waals surface area contributed by atoms with Crippen LogP contribution < -0.4 is 5.32 Å². The summed E-state index contributed by atoms with van der Waals surface area (Å²) in [7, 11) is 1.99. The van der Waals surface area contributed by atoms with E-state index < -0.39 is 0 Å². The Bertz CT molecular complexity index is 366. The molecule has 0 aromatic carbocycles. The highest BCUT2D eigenvalue weighted by Crippen LogP contribution is 2.27. The van der Waals surface area contributed by atoms with Crippen LogP contribution >= 0.6 is 0 Å². The Kier molecular flexibility index (Phi) is 6.51. The average molecular weight is 278 g/mol. The van der Waals surface area contributed by atoms with E-state index in [-0.39, 0.29) is 0 Å². The molecule has 1 aromatic rings. The summed E-state index contributed by atoms with van der Waals surface area (Å²) in [6.07, 6.45) is 13.7. The first-order valence-electron chi connectivity index (χ1n) is 8.35. The van der Waals surface area contributed by atoms with E-state index in [1.165, 1.54) is 51.4 Å². The van der Waals surface area contributed by atoms with Crippen molar-refractivity contribution in [1.82, 2.24) is 20.1 Å². The maximum atomic E-state index is 4.39. The van der Waals surface area contributed by atoms with Crippen LogP contribution in [0.2, 0.25) is 0 Å². The highest BCUT2D eigenvalue weighted by molar-refractivity contribution is 4.90. The van der Waals surface area contributed by atoms with Crippen LogP contribution in [-0.4, -0.2) is 27.4 Å². The zero-order valence-electron chi connectivity index (χ0n) is 13.1. The fourth-order valence-electron chi connectivity index (χ4n) is 3.31. The molecule has 1 heterocycles. The van der Waals surface area contributed by atoms with E-state index in [2.05, 4.69) is 22.3 Å². The van der Waals surface area contributed by atoms with Gasteiger partial charge in [0.25, 0.3) is 0 Å². The van der Waals surface area contributed by atoms with E-state index in [1.54, 1.807) is 6.33 Å². The van der Waals surface area contributed by atoms with Crippen molar-refractivity contribution >= 4 is 0 Å². The number of aromatic nitrogens is 3. The minimum atomic E-state index is 0.556. The smallest absolute Gasteiger partial charge is 0.138 e. The van der Waals surface area contributed by atoms with Gasteiger partial charge in [-0.05, 0) is 25.3 Å². The van der Waals surface area contributed by atoms with Crippen LogP contribution in [0, 0.1) is 5.92 Å². The third-order valence-electron chi connectivity index (χ3n) is 4.51. The molecule has 0 spiro atoms. The fraction of sp³-hybridized carbons (Fsp3) is 0.875. The molecule has 1 atom stereocenters. The van der Waals surface area contributed by atoms with Gasteiger partial charge in [0.1, 0.15) is 12.2 Å². The van der Waals surface area contributed by atoms with Crippen molar-refractivity contribution in [3.8, 4) is 0 Å². The van der Waals surface area contributed by atoms with Gasteiger partial charge in [0, 0.05) is 19.5 Å². The molecule has 0 bridgehead atoms. The molecule has 0 saturated heterocycles. The maximum Gasteiger partial charge on any atom is 0.138 e. The molecule has 1 aliphatic rings. The summed E-state index contributed by atoms with van der Waals surface area (Å²) in [5, 5.41) is 7.91. The minimum absolute atomic E-state index is 0.556. The molecule has 1 aromatic heterocycles. The van der Waals surface area contributed by atoms with E-state index in [0.717, 1.165) is 24.7 Å². The van der Waals surface area contributed by atoms with E-state index in [4.69, 9.17) is 0 Å². The lowest BCUT2D eigenvalue weighted by atomic mass is 9.91. The van der Waals surface area contributed by atoms with E-state index in [0.29, 0.717) is 6.04 Å². The Hall–Kier alpha value is -0.900. The SMILES string of the molecule is CCCNC(Cc1ncnn1C)CC1CCCCCC1. The quantitative estimate of drug-likeness (QED) is 0.779. The lowest BCUT2D eigenvalue weighted by Crippen LogP contribution is -2.34. The van der Waals surface area contributed by atoms with Crippen molar-refractivity contribution < 1.29 is 0 Å². The minimum Gasteiger partial charge on any atom is -0.314 e. The van der Waals surface area contributed by atoms with Crippen molar-refractivity contribution in [2.45, 2.75) is 70.8 Å². The number of hydrogen-bond donors (Lipinski definition) is 1. The molecule has 1 aliphatic carbocycles. The first-order chi connectivity index (χ1) is 9.79. The number of nitrogens with one attached hydrogen (secondary N) is 1. The molecule has 1 N–H and O–H groups in total. The molecule has 4 nitrogen and oxygen atoms in total. The summed E-state index contributed by atoms with van der Waals surface area (Å²) in [6, 6.07) is 0.556. The Morgan fingerprint density at radius 3 is 2.65 bits per heavy atom. The number of aryl methyl sites for hydroxylation is 1. The molecule has 2 rings (SSSR count). The molecular weight excluding hydrogens is 248 g/mol. The molecule has 0 amide bonds. The molecule has 1 fully saturated rings. The van der Waals surface area contributed by atoms with Crippen molar-refractivity contribution in [2.24, 2.45) is 13.0 Å². The molecule has 4 heteroatoms. The molecule has 0 radical (unpaired) electrons. The molecule has 114 valence electrons. The normalized spacial score (nSPS) is 18.9. The van der Waals surface area contributed by atoms with Gasteiger partial charge in [-0.1, -0.05) is 45.4 Å². The van der Waals surface area contributed by atoms with Gasteiger partial charge in [-0.15, -0.1) is 0 Å². The largest absolute Gasteiger partial charge is 0.314 e. The van der Waals surface area contributed by atoms with Gasteiger partial charge in [-0.2, -0.15) is 5.10 Å². The second-order valence-electron chi connectivity index (χ2n) is 6.25. The second kappa shape index (κ2) is 8.40. The second-order valence-corrected chi connectivity index (χ2v) is 6.25. The standard InChI is InChI=1S/C16H30N4/c1-3-10-17-15(12-16-18-13-19-20(16)2)11-14-8-6-4-5-7-9-14/h13-15,17H,3-12H2,1-2H3. The number of nitrogens with zero attached hydrogens (tertiary/aromatic N) is 3.